The Hall–Kier alpha value is -3.48. The predicted octanol–water partition coefficient (Wildman–Crippen LogP) is 2.62. The number of hydrogen-bond acceptors (Lipinski definition) is 4. The van der Waals surface area contributed by atoms with Gasteiger partial charge in [0, 0.05) is 37.4 Å². The van der Waals surface area contributed by atoms with Crippen LogP contribution in [-0.2, 0) is 14.1 Å². The first-order valence-corrected chi connectivity index (χ1v) is 7.77. The summed E-state index contributed by atoms with van der Waals surface area (Å²) < 4.78 is 3.55. The average Bonchev–Trinajstić information content (AvgIpc) is 3.22. The molecule has 4 aromatic rings. The molecule has 1 aromatic carbocycles. The lowest BCUT2D eigenvalue weighted by molar-refractivity contribution is 0.102. The van der Waals surface area contributed by atoms with Crippen LogP contribution in [0.5, 0.6) is 0 Å². The van der Waals surface area contributed by atoms with Crippen LogP contribution in [0.4, 0.5) is 5.82 Å². The molecule has 0 atom stereocenters. The van der Waals surface area contributed by atoms with Gasteiger partial charge in [-0.1, -0.05) is 12.1 Å². The number of carbonyl (C=O) groups excluding carboxylic acids is 1. The van der Waals surface area contributed by atoms with Gasteiger partial charge in [-0.25, -0.2) is 9.97 Å². The number of anilines is 1. The summed E-state index contributed by atoms with van der Waals surface area (Å²) in [4.78, 5) is 20.7. The minimum absolute atomic E-state index is 0.234. The molecule has 25 heavy (non-hydrogen) atoms. The van der Waals surface area contributed by atoms with Crippen molar-refractivity contribution in [3.8, 4) is 11.3 Å². The molecule has 1 amide bonds. The Bertz CT molecular complexity index is 1080. The van der Waals surface area contributed by atoms with E-state index in [0.29, 0.717) is 11.4 Å². The number of amides is 1. The maximum Gasteiger partial charge on any atom is 0.260 e. The summed E-state index contributed by atoms with van der Waals surface area (Å²) >= 11 is 0. The molecule has 0 aliphatic carbocycles. The minimum atomic E-state index is -0.234. The molecule has 0 fully saturated rings. The highest BCUT2D eigenvalue weighted by atomic mass is 16.1. The third kappa shape index (κ3) is 2.87. The lowest BCUT2D eigenvalue weighted by atomic mass is 10.1. The number of aryl methyl sites for hydroxylation is 2. The van der Waals surface area contributed by atoms with Gasteiger partial charge < -0.3 is 9.88 Å². The normalized spacial score (nSPS) is 11.0. The van der Waals surface area contributed by atoms with Crippen molar-refractivity contribution in [2.75, 3.05) is 5.32 Å². The minimum Gasteiger partial charge on any atom is -0.334 e. The summed E-state index contributed by atoms with van der Waals surface area (Å²) in [5.74, 6) is 0.270. The van der Waals surface area contributed by atoms with Gasteiger partial charge in [0.25, 0.3) is 5.91 Å². The van der Waals surface area contributed by atoms with Crippen LogP contribution < -0.4 is 5.32 Å². The van der Waals surface area contributed by atoms with Crippen LogP contribution in [0.15, 0.2) is 55.4 Å². The molecule has 4 rings (SSSR count). The van der Waals surface area contributed by atoms with Gasteiger partial charge in [0.2, 0.25) is 0 Å². The highest BCUT2D eigenvalue weighted by molar-refractivity contribution is 6.04. The summed E-state index contributed by atoms with van der Waals surface area (Å²) in [6.07, 6.45) is 8.54. The first-order chi connectivity index (χ1) is 12.1. The molecule has 0 bridgehead atoms. The van der Waals surface area contributed by atoms with Crippen molar-refractivity contribution in [2.45, 2.75) is 0 Å². The molecular formula is C18H16N6O. The molecule has 3 aromatic heterocycles. The van der Waals surface area contributed by atoms with Crippen LogP contribution in [0.25, 0.3) is 22.0 Å². The monoisotopic (exact) mass is 332 g/mol. The Morgan fingerprint density at radius 1 is 1.08 bits per heavy atom. The van der Waals surface area contributed by atoms with Crippen LogP contribution in [0, 0.1) is 0 Å². The van der Waals surface area contributed by atoms with Gasteiger partial charge in [-0.05, 0) is 17.5 Å². The Morgan fingerprint density at radius 3 is 2.68 bits per heavy atom. The quantitative estimate of drug-likeness (QED) is 0.625. The second-order valence-electron chi connectivity index (χ2n) is 5.88. The molecule has 0 unspecified atom stereocenters. The zero-order valence-corrected chi connectivity index (χ0v) is 13.8. The van der Waals surface area contributed by atoms with E-state index < -0.39 is 0 Å². The van der Waals surface area contributed by atoms with E-state index in [0.717, 1.165) is 22.0 Å². The van der Waals surface area contributed by atoms with E-state index in [4.69, 9.17) is 0 Å². The summed E-state index contributed by atoms with van der Waals surface area (Å²) in [7, 11) is 3.73. The van der Waals surface area contributed by atoms with Gasteiger partial charge in [-0.15, -0.1) is 0 Å². The van der Waals surface area contributed by atoms with Crippen molar-refractivity contribution in [3.05, 3.63) is 60.9 Å². The molecule has 7 nitrogen and oxygen atoms in total. The number of rotatable bonds is 3. The van der Waals surface area contributed by atoms with Gasteiger partial charge in [0.15, 0.2) is 0 Å². The number of benzene rings is 1. The number of aromatic nitrogens is 5. The first-order valence-electron chi connectivity index (χ1n) is 7.77. The number of fused-ring (bicyclic) bond motifs is 1. The molecular weight excluding hydrogens is 316 g/mol. The molecule has 124 valence electrons. The first kappa shape index (κ1) is 15.1. The largest absolute Gasteiger partial charge is 0.334 e. The van der Waals surface area contributed by atoms with Gasteiger partial charge in [-0.3, -0.25) is 9.48 Å². The molecule has 7 heteroatoms. The Kier molecular flexibility index (Phi) is 3.53. The van der Waals surface area contributed by atoms with Crippen molar-refractivity contribution in [2.24, 2.45) is 14.1 Å². The number of hydrogen-bond donors (Lipinski definition) is 1. The predicted molar refractivity (Wildman–Crippen MR) is 95.1 cm³/mol. The lowest BCUT2D eigenvalue weighted by Crippen LogP contribution is -2.12. The number of nitrogens with zero attached hydrogens (tertiary/aromatic N) is 5. The zero-order valence-electron chi connectivity index (χ0n) is 13.8. The third-order valence-electron chi connectivity index (χ3n) is 4.04. The highest BCUT2D eigenvalue weighted by Gasteiger charge is 2.10. The standard InChI is InChI=1S/C18H16N6O/c1-23-11-19-9-16(23)12-3-4-13-7-20-17(6-14(13)5-12)22-18(25)15-8-21-24(2)10-15/h3-11H,1-2H3,(H,20,22,25). The van der Waals surface area contributed by atoms with E-state index in [2.05, 4.69) is 26.4 Å². The molecule has 3 heterocycles. The summed E-state index contributed by atoms with van der Waals surface area (Å²) in [6, 6.07) is 7.98. The van der Waals surface area contributed by atoms with Crippen molar-refractivity contribution in [1.82, 2.24) is 24.3 Å². The second kappa shape index (κ2) is 5.86. The van der Waals surface area contributed by atoms with Crippen molar-refractivity contribution in [3.63, 3.8) is 0 Å². The fourth-order valence-corrected chi connectivity index (χ4v) is 2.73. The average molecular weight is 332 g/mol. The van der Waals surface area contributed by atoms with Crippen molar-refractivity contribution >= 4 is 22.5 Å². The molecule has 1 N–H and O–H groups in total. The van der Waals surface area contributed by atoms with E-state index in [-0.39, 0.29) is 5.91 Å². The van der Waals surface area contributed by atoms with Gasteiger partial charge in [0.1, 0.15) is 5.82 Å². The zero-order chi connectivity index (χ0) is 17.4. The summed E-state index contributed by atoms with van der Waals surface area (Å²) in [5.41, 5.74) is 2.58. The van der Waals surface area contributed by atoms with Gasteiger partial charge >= 0.3 is 0 Å². The van der Waals surface area contributed by atoms with Gasteiger partial charge in [0.05, 0.1) is 30.0 Å². The third-order valence-corrected chi connectivity index (χ3v) is 4.04. The Morgan fingerprint density at radius 2 is 1.96 bits per heavy atom. The van der Waals surface area contributed by atoms with Crippen LogP contribution in [0.2, 0.25) is 0 Å². The summed E-state index contributed by atoms with van der Waals surface area (Å²) in [6.45, 7) is 0. The van der Waals surface area contributed by atoms with E-state index >= 15 is 0 Å². The molecule has 0 radical (unpaired) electrons. The van der Waals surface area contributed by atoms with E-state index in [1.54, 1.807) is 30.5 Å². The van der Waals surface area contributed by atoms with Crippen molar-refractivity contribution in [1.29, 1.82) is 0 Å². The smallest absolute Gasteiger partial charge is 0.260 e. The number of imidazole rings is 1. The number of nitrogens with one attached hydrogen (secondary N) is 1. The van der Waals surface area contributed by atoms with Crippen LogP contribution in [-0.4, -0.2) is 30.2 Å². The Balaban J connectivity index is 1.67. The molecule has 0 spiro atoms. The lowest BCUT2D eigenvalue weighted by Gasteiger charge is -2.07. The van der Waals surface area contributed by atoms with E-state index in [1.807, 2.05) is 36.0 Å². The molecule has 0 saturated heterocycles. The highest BCUT2D eigenvalue weighted by Crippen LogP contribution is 2.25. The second-order valence-corrected chi connectivity index (χ2v) is 5.88. The molecule has 0 saturated carbocycles. The maximum absolute atomic E-state index is 12.2. The van der Waals surface area contributed by atoms with Crippen molar-refractivity contribution < 1.29 is 4.79 Å². The molecule has 0 aliphatic rings. The van der Waals surface area contributed by atoms with Crippen LogP contribution in [0.3, 0.4) is 0 Å². The fourth-order valence-electron chi connectivity index (χ4n) is 2.73. The van der Waals surface area contributed by atoms with E-state index in [1.165, 1.54) is 6.20 Å². The topological polar surface area (TPSA) is 77.6 Å². The summed E-state index contributed by atoms with van der Waals surface area (Å²) in [5, 5.41) is 8.81. The van der Waals surface area contributed by atoms with Crippen LogP contribution >= 0.6 is 0 Å². The number of carbonyl (C=O) groups is 1. The number of pyridine rings is 1. The fraction of sp³-hybridized carbons (Fsp3) is 0.111. The maximum atomic E-state index is 12.2. The Labute approximate surface area is 143 Å². The SMILES string of the molecule is Cn1cc(C(=O)Nc2cc3cc(-c4cncn4C)ccc3cn2)cn1. The molecule has 0 aliphatic heterocycles. The van der Waals surface area contributed by atoms with Crippen LogP contribution in [0.1, 0.15) is 10.4 Å². The van der Waals surface area contributed by atoms with Gasteiger partial charge in [-0.2, -0.15) is 5.10 Å². The van der Waals surface area contributed by atoms with E-state index in [9.17, 15) is 4.79 Å².